The molecule has 0 bridgehead atoms. The van der Waals surface area contributed by atoms with Gasteiger partial charge in [-0.2, -0.15) is 15.3 Å². The summed E-state index contributed by atoms with van der Waals surface area (Å²) in [6.07, 6.45) is 21.9. The molecular weight excluding hydrogens is 1360 g/mol. The Balaban J connectivity index is 0.000000125. The number of fused-ring (bicyclic) bond motifs is 6. The summed E-state index contributed by atoms with van der Waals surface area (Å²) in [6.45, 7) is 11.5. The second kappa shape index (κ2) is 29.5. The first-order chi connectivity index (χ1) is 53.1. The molecule has 534 valence electrons. The third-order valence-electron chi connectivity index (χ3n) is 18.5. The van der Waals surface area contributed by atoms with E-state index in [2.05, 4.69) is 128 Å². The number of aromatic nitrogens is 18. The molecule has 0 radical (unpaired) electrons. The summed E-state index contributed by atoms with van der Waals surface area (Å²) in [7, 11) is 0. The quantitative estimate of drug-likeness (QED) is 0.0461. The highest BCUT2D eigenvalue weighted by molar-refractivity contribution is 6.03. The van der Waals surface area contributed by atoms with E-state index in [1.807, 2.05) is 169 Å². The molecule has 0 spiro atoms. The fourth-order valence-corrected chi connectivity index (χ4v) is 13.0. The number of hydrogen-bond acceptors (Lipinski definition) is 15. The van der Waals surface area contributed by atoms with E-state index in [4.69, 9.17) is 15.0 Å². The molecule has 0 saturated heterocycles. The van der Waals surface area contributed by atoms with Gasteiger partial charge in [-0.3, -0.25) is 59.6 Å². The smallest absolute Gasteiger partial charge is 0.229 e. The van der Waals surface area contributed by atoms with Gasteiger partial charge in [0, 0.05) is 124 Å². The number of carbonyl (C=O) groups excluding carboxylic acids is 3. The summed E-state index contributed by atoms with van der Waals surface area (Å²) >= 11 is 0. The third kappa shape index (κ3) is 14.6. The number of carbonyl (C=O) groups is 3. The first kappa shape index (κ1) is 68.9. The van der Waals surface area contributed by atoms with Gasteiger partial charge in [-0.15, -0.1) is 0 Å². The van der Waals surface area contributed by atoms with Gasteiger partial charge in [0.25, 0.3) is 0 Å². The normalized spacial score (nSPS) is 11.5. The van der Waals surface area contributed by atoms with Crippen LogP contribution < -0.4 is 16.0 Å². The summed E-state index contributed by atoms with van der Waals surface area (Å²) < 4.78 is 0. The number of imidazole rings is 3. The standard InChI is InChI=1S/2C29H25N7O.C27H21N7O/c1-29(2,3)28(37)32-20-13-19(15-31-16-20)18-7-8-23-22(14-18)26(36-35-23)27-33-24-6-4-5-21(25(24)34-27)17-9-11-30-12-10-17;1-17(2)12-26(37)32-21-13-20(15-31-16-21)19-6-7-24-23(14-19)28(36-35-24)29-33-25-5-3-4-22(27(25)34-29)18-8-10-30-11-9-18;1-2-24(35)30-19-12-18(14-29-15-19)17-6-7-22-21(13-17)26(34-33-22)27-31-23-5-3-4-20(25(23)32-27)16-8-10-28-11-9-16/h4-16H,1-3H3,(H,32,37)(H,33,34)(H,35,36);3-11,13-17H,12H2,1-2H3,(H,32,37)(H,33,34)(H,35,36);3-15H,2H2,1H3,(H,30,35)(H,31,32)(H,33,34). The van der Waals surface area contributed by atoms with E-state index >= 15 is 0 Å². The van der Waals surface area contributed by atoms with Crippen molar-refractivity contribution in [2.24, 2.45) is 11.3 Å². The lowest BCUT2D eigenvalue weighted by atomic mass is 9.95. The highest BCUT2D eigenvalue weighted by Crippen LogP contribution is 2.38. The Bertz CT molecular complexity index is 6410. The average molecular weight is 1430 g/mol. The molecule has 0 aliphatic carbocycles. The summed E-state index contributed by atoms with van der Waals surface area (Å²) in [6, 6.07) is 54.1. The minimum absolute atomic E-state index is 0.0162. The molecule has 24 heteroatoms. The van der Waals surface area contributed by atoms with Gasteiger partial charge in [0.2, 0.25) is 17.7 Å². The third-order valence-corrected chi connectivity index (χ3v) is 18.5. The predicted octanol–water partition coefficient (Wildman–Crippen LogP) is 18.0. The molecule has 0 aliphatic heterocycles. The second-order valence-electron chi connectivity index (χ2n) is 27.7. The lowest BCUT2D eigenvalue weighted by Crippen LogP contribution is -2.27. The fraction of sp³-hybridized carbons (Fsp3) is 0.118. The van der Waals surface area contributed by atoms with Crippen molar-refractivity contribution < 1.29 is 14.4 Å². The Morgan fingerprint density at radius 3 is 1.04 bits per heavy atom. The molecule has 0 fully saturated rings. The van der Waals surface area contributed by atoms with Crippen molar-refractivity contribution in [1.82, 2.24) is 90.4 Å². The van der Waals surface area contributed by atoms with Gasteiger partial charge in [-0.1, -0.05) is 96.1 Å². The number of anilines is 3. The zero-order chi connectivity index (χ0) is 74.7. The topological polar surface area (TPSA) is 337 Å². The van der Waals surface area contributed by atoms with Gasteiger partial charge in [-0.25, -0.2) is 15.0 Å². The second-order valence-corrected chi connectivity index (χ2v) is 27.7. The van der Waals surface area contributed by atoms with Crippen LogP contribution >= 0.6 is 0 Å². The van der Waals surface area contributed by atoms with Crippen molar-refractivity contribution in [1.29, 1.82) is 0 Å². The molecule has 9 N–H and O–H groups in total. The predicted molar refractivity (Wildman–Crippen MR) is 428 cm³/mol. The highest BCUT2D eigenvalue weighted by atomic mass is 16.2. The van der Waals surface area contributed by atoms with E-state index in [1.54, 1.807) is 74.4 Å². The molecule has 18 rings (SSSR count). The maximum absolute atomic E-state index is 12.4. The molecule has 0 saturated carbocycles. The molecule has 0 unspecified atom stereocenters. The number of amides is 3. The van der Waals surface area contributed by atoms with Crippen LogP contribution in [0.1, 0.15) is 54.4 Å². The lowest BCUT2D eigenvalue weighted by Gasteiger charge is -2.17. The molecule has 24 nitrogen and oxygen atoms in total. The number of rotatable bonds is 15. The zero-order valence-electron chi connectivity index (χ0n) is 60.1. The number of H-pyrrole nitrogens is 6. The molecule has 12 heterocycles. The first-order valence-corrected chi connectivity index (χ1v) is 35.5. The molecule has 18 aromatic rings. The van der Waals surface area contributed by atoms with Gasteiger partial charge in [0.1, 0.15) is 17.1 Å². The van der Waals surface area contributed by atoms with E-state index in [9.17, 15) is 14.4 Å². The van der Waals surface area contributed by atoms with Crippen molar-refractivity contribution in [2.45, 2.75) is 54.4 Å². The molecule has 12 aromatic heterocycles. The van der Waals surface area contributed by atoms with Crippen LogP contribution in [0.25, 0.3) is 167 Å². The Kier molecular flexibility index (Phi) is 18.7. The summed E-state index contributed by atoms with van der Waals surface area (Å²) in [5.74, 6) is 2.22. The molecule has 0 atom stereocenters. The van der Waals surface area contributed by atoms with Crippen molar-refractivity contribution >= 4 is 101 Å². The van der Waals surface area contributed by atoms with Crippen LogP contribution in [0, 0.1) is 11.3 Å². The Morgan fingerprint density at radius 2 is 0.706 bits per heavy atom. The van der Waals surface area contributed by atoms with Crippen LogP contribution in [0.3, 0.4) is 0 Å². The van der Waals surface area contributed by atoms with E-state index < -0.39 is 5.41 Å². The SMILES string of the molecule is CC(C)(C)C(=O)Nc1cncc(-c2ccc3[nH]nc(-c4nc5c(-c6ccncc6)cccc5[nH]4)c3c2)c1.CC(C)CC(=O)Nc1cncc(-c2ccc3[nH]nc(-c4nc5c(-c6ccncc6)cccc5[nH]4)c3c2)c1.CCC(=O)Nc1cncc(-c2ccc3[nH]nc(-c4nc5c(-c6ccncc6)cccc5[nH]4)c3c2)c1. The van der Waals surface area contributed by atoms with Crippen molar-refractivity contribution in [2.75, 3.05) is 16.0 Å². The fourth-order valence-electron chi connectivity index (χ4n) is 13.0. The van der Waals surface area contributed by atoms with Crippen LogP contribution in [0.4, 0.5) is 17.1 Å². The number of para-hydroxylation sites is 3. The lowest BCUT2D eigenvalue weighted by molar-refractivity contribution is -0.123. The number of benzene rings is 6. The van der Waals surface area contributed by atoms with Crippen LogP contribution in [0.5, 0.6) is 0 Å². The Hall–Kier alpha value is -14.6. The number of aromatic amines is 6. The highest BCUT2D eigenvalue weighted by Gasteiger charge is 2.24. The Morgan fingerprint density at radius 1 is 0.367 bits per heavy atom. The maximum atomic E-state index is 12.4. The largest absolute Gasteiger partial charge is 0.337 e. The van der Waals surface area contributed by atoms with E-state index in [-0.39, 0.29) is 23.6 Å². The minimum atomic E-state index is -0.496. The Labute approximate surface area is 623 Å². The van der Waals surface area contributed by atoms with Crippen molar-refractivity contribution in [3.8, 4) is 101 Å². The van der Waals surface area contributed by atoms with Crippen molar-refractivity contribution in [3.05, 3.63) is 238 Å². The van der Waals surface area contributed by atoms with Gasteiger partial charge in [0.15, 0.2) is 17.5 Å². The van der Waals surface area contributed by atoms with Crippen LogP contribution in [-0.2, 0) is 14.4 Å². The molecule has 109 heavy (non-hydrogen) atoms. The molecule has 0 aliphatic rings. The van der Waals surface area contributed by atoms with E-state index in [1.165, 1.54) is 0 Å². The monoisotopic (exact) mass is 1430 g/mol. The van der Waals surface area contributed by atoms with Crippen LogP contribution in [-0.4, -0.2) is 108 Å². The van der Waals surface area contributed by atoms with Gasteiger partial charge in [-0.05, 0) is 148 Å². The molecule has 6 aromatic carbocycles. The van der Waals surface area contributed by atoms with Gasteiger partial charge in [0.05, 0.1) is 85.3 Å². The minimum Gasteiger partial charge on any atom is -0.337 e. The first-order valence-electron chi connectivity index (χ1n) is 35.5. The number of nitrogens with zero attached hydrogens (tertiary/aromatic N) is 12. The summed E-state index contributed by atoms with van der Waals surface area (Å²) in [5.41, 5.74) is 23.7. The molecular formula is C85H71N21O3. The number of nitrogens with one attached hydrogen (secondary N) is 9. The van der Waals surface area contributed by atoms with Crippen LogP contribution in [0.2, 0.25) is 0 Å². The summed E-state index contributed by atoms with van der Waals surface area (Å²) in [5, 5.41) is 34.7. The average Bonchev–Trinajstić information content (AvgIpc) is 1.63. The number of hydrogen-bond donors (Lipinski definition) is 9. The van der Waals surface area contributed by atoms with Crippen molar-refractivity contribution in [3.63, 3.8) is 0 Å². The van der Waals surface area contributed by atoms with E-state index in [0.717, 1.165) is 150 Å². The summed E-state index contributed by atoms with van der Waals surface area (Å²) in [4.78, 5) is 86.9. The van der Waals surface area contributed by atoms with Gasteiger partial charge >= 0.3 is 0 Å². The maximum Gasteiger partial charge on any atom is 0.229 e. The zero-order valence-corrected chi connectivity index (χ0v) is 60.1. The molecule has 3 amide bonds. The van der Waals surface area contributed by atoms with Gasteiger partial charge < -0.3 is 30.9 Å². The number of pyridine rings is 6. The van der Waals surface area contributed by atoms with Crippen LogP contribution in [0.15, 0.2) is 238 Å². The van der Waals surface area contributed by atoms with E-state index in [0.29, 0.717) is 47.4 Å².